The minimum atomic E-state index is -1.92. The number of halogens is 1. The molecule has 1 atom stereocenters. The van der Waals surface area contributed by atoms with E-state index in [1.165, 1.54) is 0 Å². The van der Waals surface area contributed by atoms with Crippen LogP contribution in [-0.2, 0) is 28.3 Å². The lowest BCUT2D eigenvalue weighted by Gasteiger charge is -2.28. The zero-order valence-electron chi connectivity index (χ0n) is 18.6. The average molecular weight is 476 g/mol. The maximum Gasteiger partial charge on any atom is 0.268 e. The van der Waals surface area contributed by atoms with Gasteiger partial charge >= 0.3 is 0 Å². The topological polar surface area (TPSA) is 95.7 Å². The molecule has 4 N–H and O–H groups in total. The molecule has 2 amide bonds. The summed E-state index contributed by atoms with van der Waals surface area (Å²) in [7, 11) is 0. The van der Waals surface area contributed by atoms with Crippen LogP contribution in [0, 0.1) is 0 Å². The average Bonchev–Trinajstić information content (AvgIpc) is 3.41. The molecule has 0 aromatic heterocycles. The Morgan fingerprint density at radius 3 is 2.32 bits per heavy atom. The van der Waals surface area contributed by atoms with Gasteiger partial charge in [-0.1, -0.05) is 66.2 Å². The molecule has 1 aliphatic carbocycles. The summed E-state index contributed by atoms with van der Waals surface area (Å²) in [4.78, 5) is 28.7. The monoisotopic (exact) mass is 475 g/mol. The number of hydrogen-bond donors (Lipinski definition) is 3. The summed E-state index contributed by atoms with van der Waals surface area (Å²) in [6, 6.07) is 19.6. The quantitative estimate of drug-likeness (QED) is 0.492. The van der Waals surface area contributed by atoms with Crippen LogP contribution in [0.2, 0.25) is 5.02 Å². The third-order valence-electron chi connectivity index (χ3n) is 6.92. The highest BCUT2D eigenvalue weighted by Gasteiger charge is 2.48. The van der Waals surface area contributed by atoms with E-state index in [0.717, 1.165) is 35.2 Å². The number of imide groups is 1. The third kappa shape index (κ3) is 3.73. The van der Waals surface area contributed by atoms with Gasteiger partial charge in [-0.2, -0.15) is 0 Å². The number of nitrogens with one attached hydrogen (secondary N) is 1. The van der Waals surface area contributed by atoms with E-state index in [1.807, 2.05) is 41.3 Å². The number of rotatable bonds is 5. The van der Waals surface area contributed by atoms with Crippen molar-refractivity contribution >= 4 is 23.4 Å². The Kier molecular flexibility index (Phi) is 6.00. The maximum absolute atomic E-state index is 13.4. The van der Waals surface area contributed by atoms with Crippen molar-refractivity contribution in [3.63, 3.8) is 0 Å². The molecule has 0 spiro atoms. The van der Waals surface area contributed by atoms with Gasteiger partial charge in [-0.25, -0.2) is 0 Å². The molecule has 34 heavy (non-hydrogen) atoms. The molecule has 7 heteroatoms. The van der Waals surface area contributed by atoms with E-state index in [-0.39, 0.29) is 0 Å². The summed E-state index contributed by atoms with van der Waals surface area (Å²) in [6.45, 7) is 1.61. The Morgan fingerprint density at radius 1 is 1.03 bits per heavy atom. The summed E-state index contributed by atoms with van der Waals surface area (Å²) in [5.74, 6) is -1.14. The Morgan fingerprint density at radius 2 is 1.68 bits per heavy atom. The number of carbonyl (C=O) groups excluding carboxylic acids is 2. The van der Waals surface area contributed by atoms with Gasteiger partial charge in [-0.3, -0.25) is 19.8 Å². The van der Waals surface area contributed by atoms with Crippen LogP contribution in [0.4, 0.5) is 0 Å². The zero-order valence-corrected chi connectivity index (χ0v) is 19.4. The highest BCUT2D eigenvalue weighted by atomic mass is 35.5. The largest absolute Gasteiger partial charge is 0.372 e. The van der Waals surface area contributed by atoms with Crippen LogP contribution in [0.5, 0.6) is 0 Å². The first-order valence-electron chi connectivity index (χ1n) is 11.4. The second kappa shape index (κ2) is 8.96. The van der Waals surface area contributed by atoms with Gasteiger partial charge in [0, 0.05) is 29.2 Å². The van der Waals surface area contributed by atoms with Crippen LogP contribution >= 0.6 is 11.6 Å². The summed E-state index contributed by atoms with van der Waals surface area (Å²) < 4.78 is 0. The molecule has 5 rings (SSSR count). The SMILES string of the molecule is NCc1ccc(Cl)cc1CN1CCC[C@H]1C(=O)NC(=O)C1(O)c2ccccc2-c2ccccc21. The normalized spacial score (nSPS) is 18.4. The lowest BCUT2D eigenvalue weighted by molar-refractivity contribution is -0.142. The molecule has 3 aromatic carbocycles. The molecule has 2 aliphatic rings. The molecule has 6 nitrogen and oxygen atoms in total. The van der Waals surface area contributed by atoms with Gasteiger partial charge in [0.05, 0.1) is 6.04 Å². The van der Waals surface area contributed by atoms with Crippen LogP contribution in [0.3, 0.4) is 0 Å². The molecule has 0 bridgehead atoms. The molecule has 1 heterocycles. The fourth-order valence-electron chi connectivity index (χ4n) is 5.21. The van der Waals surface area contributed by atoms with E-state index in [9.17, 15) is 14.7 Å². The van der Waals surface area contributed by atoms with E-state index in [2.05, 4.69) is 5.32 Å². The molecular weight excluding hydrogens is 450 g/mol. The Hall–Kier alpha value is -3.03. The van der Waals surface area contributed by atoms with E-state index in [1.54, 1.807) is 30.3 Å². The van der Waals surface area contributed by atoms with Gasteiger partial charge in [-0.05, 0) is 53.8 Å². The van der Waals surface area contributed by atoms with Crippen LogP contribution in [0.25, 0.3) is 11.1 Å². The molecule has 1 aliphatic heterocycles. The molecule has 0 unspecified atom stereocenters. The Labute approximate surface area is 203 Å². The van der Waals surface area contributed by atoms with Crippen molar-refractivity contribution in [3.05, 3.63) is 94.0 Å². The number of fused-ring (bicyclic) bond motifs is 3. The van der Waals surface area contributed by atoms with Crippen LogP contribution in [0.1, 0.15) is 35.1 Å². The first-order valence-corrected chi connectivity index (χ1v) is 11.8. The molecule has 0 saturated carbocycles. The standard InChI is InChI=1S/C27H26ClN3O3/c28-19-12-11-17(15-29)18(14-19)16-31-13-5-10-24(31)25(32)30-26(33)27(34)22-8-3-1-6-20(22)21-7-2-4-9-23(21)27/h1-4,6-9,11-12,14,24,34H,5,10,13,15-16,29H2,(H,30,32,33)/t24-/m0/s1. The summed E-state index contributed by atoms with van der Waals surface area (Å²) in [6.07, 6.45) is 1.46. The van der Waals surface area contributed by atoms with Crippen molar-refractivity contribution in [2.24, 2.45) is 5.73 Å². The number of nitrogens with two attached hydrogens (primary N) is 1. The van der Waals surface area contributed by atoms with E-state index in [0.29, 0.717) is 35.7 Å². The van der Waals surface area contributed by atoms with Crippen molar-refractivity contribution in [2.45, 2.75) is 37.6 Å². The van der Waals surface area contributed by atoms with Crippen molar-refractivity contribution in [2.75, 3.05) is 6.54 Å². The lowest BCUT2D eigenvalue weighted by atomic mass is 9.90. The molecule has 1 saturated heterocycles. The maximum atomic E-state index is 13.4. The van der Waals surface area contributed by atoms with Gasteiger partial charge in [-0.15, -0.1) is 0 Å². The third-order valence-corrected chi connectivity index (χ3v) is 7.15. The van der Waals surface area contributed by atoms with Crippen molar-refractivity contribution in [1.82, 2.24) is 10.2 Å². The Balaban J connectivity index is 1.38. The van der Waals surface area contributed by atoms with Gasteiger partial charge in [0.2, 0.25) is 5.91 Å². The predicted molar refractivity (Wildman–Crippen MR) is 131 cm³/mol. The molecule has 0 radical (unpaired) electrons. The number of carbonyl (C=O) groups is 2. The zero-order chi connectivity index (χ0) is 23.9. The summed E-state index contributed by atoms with van der Waals surface area (Å²) in [5, 5.41) is 14.8. The molecular formula is C27H26ClN3O3. The van der Waals surface area contributed by atoms with Crippen LogP contribution < -0.4 is 11.1 Å². The predicted octanol–water partition coefficient (Wildman–Crippen LogP) is 3.32. The fourth-order valence-corrected chi connectivity index (χ4v) is 5.41. The smallest absolute Gasteiger partial charge is 0.268 e. The van der Waals surface area contributed by atoms with Crippen molar-refractivity contribution < 1.29 is 14.7 Å². The summed E-state index contributed by atoms with van der Waals surface area (Å²) in [5.41, 5.74) is 8.45. The minimum absolute atomic E-state index is 0.377. The number of benzene rings is 3. The number of hydrogen-bond acceptors (Lipinski definition) is 5. The molecule has 174 valence electrons. The van der Waals surface area contributed by atoms with Gasteiger partial charge < -0.3 is 10.8 Å². The second-order valence-corrected chi connectivity index (χ2v) is 9.30. The van der Waals surface area contributed by atoms with E-state index < -0.39 is 23.5 Å². The lowest BCUT2D eigenvalue weighted by Crippen LogP contribution is -2.51. The van der Waals surface area contributed by atoms with E-state index in [4.69, 9.17) is 17.3 Å². The van der Waals surface area contributed by atoms with Crippen molar-refractivity contribution in [3.8, 4) is 11.1 Å². The fraction of sp³-hybridized carbons (Fsp3) is 0.259. The van der Waals surface area contributed by atoms with Gasteiger partial charge in [0.25, 0.3) is 5.91 Å². The number of aliphatic hydroxyl groups is 1. The number of nitrogens with zero attached hydrogens (tertiary/aromatic N) is 1. The highest BCUT2D eigenvalue weighted by Crippen LogP contribution is 2.47. The van der Waals surface area contributed by atoms with Crippen molar-refractivity contribution in [1.29, 1.82) is 0 Å². The summed E-state index contributed by atoms with van der Waals surface area (Å²) >= 11 is 6.19. The van der Waals surface area contributed by atoms with Crippen LogP contribution in [0.15, 0.2) is 66.7 Å². The van der Waals surface area contributed by atoms with Gasteiger partial charge in [0.15, 0.2) is 5.60 Å². The second-order valence-electron chi connectivity index (χ2n) is 8.87. The minimum Gasteiger partial charge on any atom is -0.372 e. The Bertz CT molecular complexity index is 1230. The highest BCUT2D eigenvalue weighted by molar-refractivity contribution is 6.30. The molecule has 3 aromatic rings. The van der Waals surface area contributed by atoms with Gasteiger partial charge in [0.1, 0.15) is 0 Å². The number of likely N-dealkylation sites (tertiary alicyclic amines) is 1. The number of amides is 2. The first-order chi connectivity index (χ1) is 16.4. The van der Waals surface area contributed by atoms with Crippen LogP contribution in [-0.4, -0.2) is 34.4 Å². The molecule has 1 fully saturated rings. The van der Waals surface area contributed by atoms with E-state index >= 15 is 0 Å². The first kappa shape index (κ1) is 22.7.